The average molecular weight is 519 g/mol. The van der Waals surface area contributed by atoms with Crippen LogP contribution in [0.2, 0.25) is 0 Å². The van der Waals surface area contributed by atoms with Crippen molar-refractivity contribution in [3.8, 4) is 0 Å². The number of pyridine rings is 1. The Kier molecular flexibility index (Phi) is 11.9. The number of aromatic nitrogens is 4. The summed E-state index contributed by atoms with van der Waals surface area (Å²) in [7, 11) is 0. The van der Waals surface area contributed by atoms with Gasteiger partial charge in [-0.3, -0.25) is 14.8 Å². The number of benzene rings is 1. The third-order valence-electron chi connectivity index (χ3n) is 4.16. The second-order valence-corrected chi connectivity index (χ2v) is 8.29. The molecular weight excluding hydrogens is 497 g/mol. The molecule has 0 saturated carbocycles. The second-order valence-electron chi connectivity index (χ2n) is 6.20. The Morgan fingerprint density at radius 1 is 1.06 bits per heavy atom. The molecule has 11 heteroatoms. The van der Waals surface area contributed by atoms with Gasteiger partial charge in [-0.2, -0.15) is 11.8 Å². The quantitative estimate of drug-likeness (QED) is 0.320. The molecule has 0 saturated heterocycles. The summed E-state index contributed by atoms with van der Waals surface area (Å²) in [6, 6.07) is 10.0. The standard InChI is InChI=1S/C20H19N5OS2.3ClH/c26-19-16(10-14-9-15-3-1-2-4-17(15)23-11-14)12-24-20(25-19)22-5-7-27-13-18-21-6-8-28-18;;;/h1-4,6,8-9,11-12H,5,7,10,13H2,(H2,22,24,25,26);3*1H. The zero-order chi connectivity index (χ0) is 19.2. The van der Waals surface area contributed by atoms with E-state index in [9.17, 15) is 4.79 Å². The van der Waals surface area contributed by atoms with Crippen LogP contribution in [-0.2, 0) is 12.2 Å². The molecule has 166 valence electrons. The number of anilines is 1. The van der Waals surface area contributed by atoms with Gasteiger partial charge < -0.3 is 5.32 Å². The van der Waals surface area contributed by atoms with E-state index in [-0.39, 0.29) is 42.8 Å². The van der Waals surface area contributed by atoms with Gasteiger partial charge in [-0.1, -0.05) is 18.2 Å². The van der Waals surface area contributed by atoms with Crippen molar-refractivity contribution in [2.24, 2.45) is 0 Å². The van der Waals surface area contributed by atoms with E-state index in [1.807, 2.05) is 42.0 Å². The highest BCUT2D eigenvalue weighted by molar-refractivity contribution is 7.98. The summed E-state index contributed by atoms with van der Waals surface area (Å²) in [5, 5.41) is 7.34. The number of hydrogen-bond acceptors (Lipinski definition) is 7. The molecule has 0 aliphatic rings. The van der Waals surface area contributed by atoms with Crippen molar-refractivity contribution in [1.29, 1.82) is 0 Å². The van der Waals surface area contributed by atoms with Gasteiger partial charge in [0, 0.05) is 59.4 Å². The van der Waals surface area contributed by atoms with Crippen LogP contribution >= 0.6 is 60.3 Å². The van der Waals surface area contributed by atoms with Crippen molar-refractivity contribution in [3.05, 3.63) is 80.8 Å². The summed E-state index contributed by atoms with van der Waals surface area (Å²) in [6.45, 7) is 0.729. The number of para-hydroxylation sites is 1. The van der Waals surface area contributed by atoms with E-state index in [1.165, 1.54) is 0 Å². The van der Waals surface area contributed by atoms with Gasteiger partial charge in [0.1, 0.15) is 5.01 Å². The minimum Gasteiger partial charge on any atom is -0.355 e. The largest absolute Gasteiger partial charge is 0.355 e. The number of fused-ring (bicyclic) bond motifs is 1. The fraction of sp³-hybridized carbons (Fsp3) is 0.200. The maximum Gasteiger partial charge on any atom is 0.255 e. The van der Waals surface area contributed by atoms with Gasteiger partial charge in [0.25, 0.3) is 5.56 Å². The van der Waals surface area contributed by atoms with E-state index in [1.54, 1.807) is 29.3 Å². The van der Waals surface area contributed by atoms with Gasteiger partial charge in [0.05, 0.1) is 5.52 Å². The van der Waals surface area contributed by atoms with E-state index in [0.717, 1.165) is 39.5 Å². The molecule has 3 aromatic heterocycles. The van der Waals surface area contributed by atoms with Crippen LogP contribution in [-0.4, -0.2) is 32.2 Å². The summed E-state index contributed by atoms with van der Waals surface area (Å²) in [5.41, 5.74) is 2.44. The van der Waals surface area contributed by atoms with E-state index in [4.69, 9.17) is 0 Å². The first-order valence-corrected chi connectivity index (χ1v) is 10.9. The van der Waals surface area contributed by atoms with E-state index < -0.39 is 0 Å². The Balaban J connectivity index is 0.00000160. The maximum absolute atomic E-state index is 12.4. The molecule has 0 aliphatic heterocycles. The Morgan fingerprint density at radius 2 is 1.90 bits per heavy atom. The molecule has 0 radical (unpaired) electrons. The fourth-order valence-corrected chi connectivity index (χ4v) is 4.36. The number of aromatic amines is 1. The summed E-state index contributed by atoms with van der Waals surface area (Å²) < 4.78 is 0. The van der Waals surface area contributed by atoms with Crippen molar-refractivity contribution in [1.82, 2.24) is 19.9 Å². The number of rotatable bonds is 8. The Hall–Kier alpha value is -1.84. The van der Waals surface area contributed by atoms with Gasteiger partial charge >= 0.3 is 0 Å². The number of nitrogens with zero attached hydrogens (tertiary/aromatic N) is 3. The van der Waals surface area contributed by atoms with E-state index in [0.29, 0.717) is 17.9 Å². The van der Waals surface area contributed by atoms with Crippen LogP contribution in [0.1, 0.15) is 16.1 Å². The number of thioether (sulfide) groups is 1. The zero-order valence-corrected chi connectivity index (χ0v) is 20.4. The van der Waals surface area contributed by atoms with E-state index >= 15 is 0 Å². The fourth-order valence-electron chi connectivity index (χ4n) is 2.80. The minimum absolute atomic E-state index is 0. The summed E-state index contributed by atoms with van der Waals surface area (Å²) in [4.78, 5) is 28.3. The van der Waals surface area contributed by atoms with Gasteiger partial charge in [0.15, 0.2) is 0 Å². The van der Waals surface area contributed by atoms with Gasteiger partial charge in [-0.25, -0.2) is 9.97 Å². The normalized spacial score (nSPS) is 9.94. The lowest BCUT2D eigenvalue weighted by molar-refractivity contribution is 1.00. The average Bonchev–Trinajstić information content (AvgIpc) is 3.23. The predicted molar refractivity (Wildman–Crippen MR) is 138 cm³/mol. The maximum atomic E-state index is 12.4. The monoisotopic (exact) mass is 517 g/mol. The van der Waals surface area contributed by atoms with Crippen LogP contribution in [0.25, 0.3) is 10.9 Å². The molecule has 4 aromatic rings. The Morgan fingerprint density at radius 3 is 2.68 bits per heavy atom. The SMILES string of the molecule is Cl.Cl.Cl.O=c1[nH]c(NCCSCc2nccs2)ncc1Cc1cnc2ccccc2c1. The minimum atomic E-state index is -0.124. The Bertz CT molecular complexity index is 1130. The molecule has 4 rings (SSSR count). The first-order chi connectivity index (χ1) is 13.8. The van der Waals surface area contributed by atoms with Gasteiger partial charge in [-0.05, 0) is 17.7 Å². The summed E-state index contributed by atoms with van der Waals surface area (Å²) >= 11 is 3.46. The predicted octanol–water partition coefficient (Wildman–Crippen LogP) is 4.98. The third kappa shape index (κ3) is 7.66. The van der Waals surface area contributed by atoms with Crippen LogP contribution in [0, 0.1) is 0 Å². The van der Waals surface area contributed by atoms with Crippen molar-refractivity contribution in [3.63, 3.8) is 0 Å². The number of hydrogen-bond donors (Lipinski definition) is 2. The summed E-state index contributed by atoms with van der Waals surface area (Å²) in [5.74, 6) is 2.32. The van der Waals surface area contributed by atoms with Crippen molar-refractivity contribution in [2.45, 2.75) is 12.2 Å². The number of H-pyrrole nitrogens is 1. The highest BCUT2D eigenvalue weighted by atomic mass is 35.5. The molecule has 2 N–H and O–H groups in total. The lowest BCUT2D eigenvalue weighted by Crippen LogP contribution is -2.18. The zero-order valence-electron chi connectivity index (χ0n) is 16.3. The third-order valence-corrected chi connectivity index (χ3v) is 6.10. The summed E-state index contributed by atoms with van der Waals surface area (Å²) in [6.07, 6.45) is 5.78. The highest BCUT2D eigenvalue weighted by Gasteiger charge is 2.06. The van der Waals surface area contributed by atoms with Crippen LogP contribution in [0.4, 0.5) is 5.95 Å². The highest BCUT2D eigenvalue weighted by Crippen LogP contribution is 2.15. The molecule has 0 aliphatic carbocycles. The number of halogens is 3. The molecule has 3 heterocycles. The lowest BCUT2D eigenvalue weighted by Gasteiger charge is -2.06. The molecule has 0 atom stereocenters. The molecule has 0 unspecified atom stereocenters. The molecular formula is C20H22Cl3N5OS2. The smallest absolute Gasteiger partial charge is 0.255 e. The topological polar surface area (TPSA) is 83.6 Å². The Labute approximate surface area is 206 Å². The van der Waals surface area contributed by atoms with Crippen molar-refractivity contribution in [2.75, 3.05) is 17.6 Å². The van der Waals surface area contributed by atoms with Crippen LogP contribution < -0.4 is 10.9 Å². The molecule has 0 bridgehead atoms. The lowest BCUT2D eigenvalue weighted by atomic mass is 10.1. The van der Waals surface area contributed by atoms with Gasteiger partial charge in [-0.15, -0.1) is 48.6 Å². The number of thiazole rings is 1. The first kappa shape index (κ1) is 27.2. The van der Waals surface area contributed by atoms with Crippen LogP contribution in [0.15, 0.2) is 59.1 Å². The first-order valence-electron chi connectivity index (χ1n) is 8.90. The molecule has 0 fully saturated rings. The molecule has 0 amide bonds. The molecule has 0 spiro atoms. The van der Waals surface area contributed by atoms with Crippen molar-refractivity contribution < 1.29 is 0 Å². The van der Waals surface area contributed by atoms with Gasteiger partial charge in [0.2, 0.25) is 5.95 Å². The number of nitrogens with one attached hydrogen (secondary N) is 2. The molecule has 31 heavy (non-hydrogen) atoms. The van der Waals surface area contributed by atoms with Crippen molar-refractivity contribution >= 4 is 77.2 Å². The molecule has 1 aromatic carbocycles. The van der Waals surface area contributed by atoms with Crippen LogP contribution in [0.3, 0.4) is 0 Å². The van der Waals surface area contributed by atoms with Crippen LogP contribution in [0.5, 0.6) is 0 Å². The second kappa shape index (κ2) is 13.5. The van der Waals surface area contributed by atoms with E-state index in [2.05, 4.69) is 31.3 Å². The molecule has 6 nitrogen and oxygen atoms in total.